The summed E-state index contributed by atoms with van der Waals surface area (Å²) in [6.07, 6.45) is 1.61. The van der Waals surface area contributed by atoms with E-state index < -0.39 is 0 Å². The Morgan fingerprint density at radius 3 is 2.50 bits per heavy atom. The third-order valence-electron chi connectivity index (χ3n) is 5.10. The van der Waals surface area contributed by atoms with Crippen molar-refractivity contribution in [1.29, 1.82) is 0 Å². The fraction of sp³-hybridized carbons (Fsp3) is 0.200. The summed E-state index contributed by atoms with van der Waals surface area (Å²) in [6, 6.07) is 22.9. The molecule has 0 N–H and O–H groups in total. The first-order valence-corrected chi connectivity index (χ1v) is 10.5. The molecule has 30 heavy (non-hydrogen) atoms. The van der Waals surface area contributed by atoms with E-state index in [4.69, 9.17) is 21.3 Å². The number of aryl methyl sites for hydroxylation is 1. The van der Waals surface area contributed by atoms with Crippen LogP contribution < -0.4 is 10.3 Å². The quantitative estimate of drug-likeness (QED) is 0.359. The third kappa shape index (κ3) is 4.24. The van der Waals surface area contributed by atoms with Gasteiger partial charge in [-0.05, 0) is 60.9 Å². The van der Waals surface area contributed by atoms with Gasteiger partial charge < -0.3 is 4.74 Å². The van der Waals surface area contributed by atoms with Gasteiger partial charge in [0.15, 0.2) is 0 Å². The van der Waals surface area contributed by atoms with Gasteiger partial charge in [-0.15, -0.1) is 0 Å². The highest BCUT2D eigenvalue weighted by molar-refractivity contribution is 6.30. The Hall–Kier alpha value is -3.11. The Labute approximate surface area is 180 Å². The van der Waals surface area contributed by atoms with Crippen LogP contribution >= 0.6 is 11.6 Å². The van der Waals surface area contributed by atoms with Crippen LogP contribution in [0, 0.1) is 0 Å². The molecule has 0 spiro atoms. The smallest absolute Gasteiger partial charge is 0.261 e. The van der Waals surface area contributed by atoms with Gasteiger partial charge in [-0.1, -0.05) is 48.9 Å². The predicted octanol–water partition coefficient (Wildman–Crippen LogP) is 5.75. The van der Waals surface area contributed by atoms with E-state index >= 15 is 0 Å². The third-order valence-corrected chi connectivity index (χ3v) is 5.35. The maximum absolute atomic E-state index is 13.2. The van der Waals surface area contributed by atoms with Crippen LogP contribution in [0.1, 0.15) is 18.9 Å². The van der Waals surface area contributed by atoms with E-state index in [9.17, 15) is 4.79 Å². The molecule has 1 aromatic heterocycles. The first-order valence-electron chi connectivity index (χ1n) is 10.1. The average molecular weight is 419 g/mol. The topological polar surface area (TPSA) is 44.1 Å². The molecule has 0 aliphatic carbocycles. The van der Waals surface area contributed by atoms with Crippen molar-refractivity contribution in [2.24, 2.45) is 0 Å². The highest BCUT2D eigenvalue weighted by Gasteiger charge is 2.13. The van der Waals surface area contributed by atoms with Crippen molar-refractivity contribution in [3.63, 3.8) is 0 Å². The van der Waals surface area contributed by atoms with Crippen molar-refractivity contribution < 1.29 is 4.74 Å². The Balaban J connectivity index is 1.62. The average Bonchev–Trinajstić information content (AvgIpc) is 2.78. The molecule has 0 unspecified atom stereocenters. The highest BCUT2D eigenvalue weighted by atomic mass is 35.5. The number of rotatable bonds is 7. The van der Waals surface area contributed by atoms with Crippen LogP contribution in [0.3, 0.4) is 0 Å². The maximum Gasteiger partial charge on any atom is 0.261 e. The van der Waals surface area contributed by atoms with Gasteiger partial charge in [-0.2, -0.15) is 0 Å². The van der Waals surface area contributed by atoms with Crippen LogP contribution in [0.25, 0.3) is 22.3 Å². The molecule has 0 saturated carbocycles. The number of fused-ring (bicyclic) bond motifs is 1. The molecule has 4 aromatic rings. The molecule has 0 aliphatic heterocycles. The second-order valence-corrected chi connectivity index (χ2v) is 7.52. The lowest BCUT2D eigenvalue weighted by atomic mass is 10.1. The Morgan fingerprint density at radius 2 is 1.70 bits per heavy atom. The molecular weight excluding hydrogens is 396 g/mol. The molecule has 0 fully saturated rings. The number of halogens is 1. The number of hydrogen-bond donors (Lipinski definition) is 0. The summed E-state index contributed by atoms with van der Waals surface area (Å²) in [6.45, 7) is 3.15. The van der Waals surface area contributed by atoms with E-state index in [-0.39, 0.29) is 5.56 Å². The summed E-state index contributed by atoms with van der Waals surface area (Å²) in [5.41, 5.74) is 2.69. The molecule has 1 heterocycles. The standard InChI is InChI=1S/C25H23ClN2O2/c1-2-18-8-3-6-11-23(18)30-17-7-16-28-24(19-12-14-20(26)15-13-19)27-22-10-5-4-9-21(22)25(28)29/h3-6,8-15H,2,7,16-17H2,1H3. The van der Waals surface area contributed by atoms with Crippen molar-refractivity contribution in [3.8, 4) is 17.1 Å². The molecule has 0 bridgehead atoms. The normalized spacial score (nSPS) is 11.0. The minimum absolute atomic E-state index is 0.0421. The molecule has 0 amide bonds. The van der Waals surface area contributed by atoms with Gasteiger partial charge in [0, 0.05) is 17.1 Å². The van der Waals surface area contributed by atoms with Gasteiger partial charge in [0.2, 0.25) is 0 Å². The largest absolute Gasteiger partial charge is 0.493 e. The number of para-hydroxylation sites is 2. The van der Waals surface area contributed by atoms with Gasteiger partial charge >= 0.3 is 0 Å². The van der Waals surface area contributed by atoms with Crippen molar-refractivity contribution in [2.75, 3.05) is 6.61 Å². The van der Waals surface area contributed by atoms with E-state index in [2.05, 4.69) is 13.0 Å². The van der Waals surface area contributed by atoms with Crippen LogP contribution in [-0.4, -0.2) is 16.2 Å². The molecule has 4 nitrogen and oxygen atoms in total. The zero-order chi connectivity index (χ0) is 20.9. The lowest BCUT2D eigenvalue weighted by Crippen LogP contribution is -2.24. The van der Waals surface area contributed by atoms with E-state index in [1.807, 2.05) is 66.7 Å². The summed E-state index contributed by atoms with van der Waals surface area (Å²) >= 11 is 6.05. The Kier molecular flexibility index (Phi) is 6.15. The van der Waals surface area contributed by atoms with Crippen LogP contribution in [0.15, 0.2) is 77.6 Å². The van der Waals surface area contributed by atoms with E-state index in [1.165, 1.54) is 5.56 Å². The zero-order valence-corrected chi connectivity index (χ0v) is 17.6. The van der Waals surface area contributed by atoms with Crippen LogP contribution in [0.2, 0.25) is 5.02 Å². The summed E-state index contributed by atoms with van der Waals surface area (Å²) in [5.74, 6) is 1.55. The number of benzene rings is 3. The molecule has 4 rings (SSSR count). The molecule has 0 aliphatic rings. The lowest BCUT2D eigenvalue weighted by molar-refractivity contribution is 0.298. The second kappa shape index (κ2) is 9.14. The van der Waals surface area contributed by atoms with Gasteiger partial charge in [0.25, 0.3) is 5.56 Å². The van der Waals surface area contributed by atoms with E-state index in [0.29, 0.717) is 41.3 Å². The fourth-order valence-corrected chi connectivity index (χ4v) is 3.66. The van der Waals surface area contributed by atoms with Crippen LogP contribution in [0.4, 0.5) is 0 Å². The number of nitrogens with zero attached hydrogens (tertiary/aromatic N) is 2. The van der Waals surface area contributed by atoms with Crippen molar-refractivity contribution in [2.45, 2.75) is 26.3 Å². The summed E-state index contributed by atoms with van der Waals surface area (Å²) < 4.78 is 7.72. The molecule has 0 radical (unpaired) electrons. The number of aromatic nitrogens is 2. The Bertz CT molecular complexity index is 1220. The summed E-state index contributed by atoms with van der Waals surface area (Å²) in [4.78, 5) is 18.0. The SMILES string of the molecule is CCc1ccccc1OCCCn1c(-c2ccc(Cl)cc2)nc2ccccc2c1=O. The van der Waals surface area contributed by atoms with E-state index in [0.717, 1.165) is 17.7 Å². The molecule has 0 saturated heterocycles. The molecule has 5 heteroatoms. The van der Waals surface area contributed by atoms with Gasteiger partial charge in [-0.25, -0.2) is 4.98 Å². The first-order chi connectivity index (χ1) is 14.7. The van der Waals surface area contributed by atoms with Gasteiger partial charge in [0.05, 0.1) is 17.5 Å². The molecule has 152 valence electrons. The van der Waals surface area contributed by atoms with Gasteiger partial charge in [-0.3, -0.25) is 9.36 Å². The summed E-state index contributed by atoms with van der Waals surface area (Å²) in [7, 11) is 0. The minimum atomic E-state index is -0.0421. The first kappa shape index (κ1) is 20.2. The van der Waals surface area contributed by atoms with Gasteiger partial charge in [0.1, 0.15) is 11.6 Å². The predicted molar refractivity (Wildman–Crippen MR) is 122 cm³/mol. The molecule has 3 aromatic carbocycles. The maximum atomic E-state index is 13.2. The van der Waals surface area contributed by atoms with Crippen LogP contribution in [0.5, 0.6) is 5.75 Å². The number of hydrogen-bond acceptors (Lipinski definition) is 3. The Morgan fingerprint density at radius 1 is 0.967 bits per heavy atom. The summed E-state index contributed by atoms with van der Waals surface area (Å²) in [5, 5.41) is 1.27. The fourth-order valence-electron chi connectivity index (χ4n) is 3.54. The minimum Gasteiger partial charge on any atom is -0.493 e. The van der Waals surface area contributed by atoms with Crippen molar-refractivity contribution in [3.05, 3.63) is 93.7 Å². The molecule has 0 atom stereocenters. The zero-order valence-electron chi connectivity index (χ0n) is 16.8. The van der Waals surface area contributed by atoms with E-state index in [1.54, 1.807) is 4.57 Å². The van der Waals surface area contributed by atoms with Crippen molar-refractivity contribution >= 4 is 22.5 Å². The molecular formula is C25H23ClN2O2. The van der Waals surface area contributed by atoms with Crippen LogP contribution in [-0.2, 0) is 13.0 Å². The second-order valence-electron chi connectivity index (χ2n) is 7.08. The monoisotopic (exact) mass is 418 g/mol. The lowest BCUT2D eigenvalue weighted by Gasteiger charge is -2.15. The highest BCUT2D eigenvalue weighted by Crippen LogP contribution is 2.22. The van der Waals surface area contributed by atoms with Crippen molar-refractivity contribution in [1.82, 2.24) is 9.55 Å². The number of ether oxygens (including phenoxy) is 1.